The summed E-state index contributed by atoms with van der Waals surface area (Å²) < 4.78 is 95.7. The van der Waals surface area contributed by atoms with E-state index in [4.69, 9.17) is 71.1 Å². The number of fused-ring (bicyclic) bond motifs is 3. The number of methoxy groups -OCH3 is 4. The Morgan fingerprint density at radius 3 is 1.35 bits per heavy atom. The van der Waals surface area contributed by atoms with Crippen LogP contribution >= 0.6 is 0 Å². The lowest BCUT2D eigenvalue weighted by Crippen LogP contribution is -2.86. The van der Waals surface area contributed by atoms with Crippen molar-refractivity contribution in [2.24, 2.45) is 5.11 Å². The lowest BCUT2D eigenvalue weighted by molar-refractivity contribution is -0.363. The van der Waals surface area contributed by atoms with E-state index in [0.717, 1.165) is 7.11 Å². The van der Waals surface area contributed by atoms with E-state index in [1.54, 1.807) is 127 Å². The number of hydrogen-bond donors (Lipinski definition) is 3. The molecule has 6 saturated heterocycles. The van der Waals surface area contributed by atoms with Crippen LogP contribution in [0.1, 0.15) is 46.7 Å². The second-order valence-corrected chi connectivity index (χ2v) is 20.8. The number of aliphatic hydroxyl groups excluding tert-OH is 1. The van der Waals surface area contributed by atoms with Crippen LogP contribution in [0.25, 0.3) is 10.4 Å². The Kier molecular flexibility index (Phi) is 18.1. The van der Waals surface area contributed by atoms with Gasteiger partial charge in [-0.05, 0) is 16.7 Å². The molecule has 444 valence electrons. The molecule has 84 heavy (non-hydrogen) atoms. The first kappa shape index (κ1) is 59.0. The highest BCUT2D eigenvalue weighted by Crippen LogP contribution is 2.47. The molecule has 6 aliphatic heterocycles. The smallest absolute Gasteiger partial charge is 0.339 e. The normalized spacial score (nSPS) is 35.4. The fourth-order valence-electron chi connectivity index (χ4n) is 11.8. The highest BCUT2D eigenvalue weighted by atomic mass is 16.8. The number of nitrogens with zero attached hydrogens (tertiary/aromatic N) is 3. The van der Waals surface area contributed by atoms with Crippen molar-refractivity contribution in [2.45, 2.75) is 123 Å². The van der Waals surface area contributed by atoms with Crippen LogP contribution in [0.2, 0.25) is 0 Å². The molecule has 0 spiro atoms. The number of ether oxygens (including phenoxy) is 15. The van der Waals surface area contributed by atoms with Crippen molar-refractivity contribution in [3.05, 3.63) is 190 Å². The molecule has 18 atom stereocenters. The molecule has 6 fully saturated rings. The molecule has 0 saturated carbocycles. The topological polar surface area (TPSA) is 283 Å². The number of aliphatic hydroxyl groups is 1. The predicted molar refractivity (Wildman–Crippen MR) is 289 cm³/mol. The van der Waals surface area contributed by atoms with Crippen LogP contribution in [-0.4, -0.2) is 162 Å². The fourth-order valence-corrected chi connectivity index (χ4v) is 11.8. The monoisotopic (exact) mass is 1160 g/mol. The summed E-state index contributed by atoms with van der Waals surface area (Å²) in [4.78, 5) is 52.0. The molecule has 0 bridgehead atoms. The van der Waals surface area contributed by atoms with Crippen molar-refractivity contribution < 1.29 is 90.5 Å². The Bertz CT molecular complexity index is 3070. The summed E-state index contributed by atoms with van der Waals surface area (Å²) >= 11 is 0. The summed E-state index contributed by atoms with van der Waals surface area (Å²) in [6.45, 7) is -0.876. The third kappa shape index (κ3) is 11.0. The minimum Gasteiger partial charge on any atom is -0.467 e. The number of nitrogens with one attached hydrogen (secondary N) is 2. The van der Waals surface area contributed by atoms with E-state index in [1.165, 1.54) is 21.3 Å². The maximum atomic E-state index is 16.9. The van der Waals surface area contributed by atoms with E-state index in [0.29, 0.717) is 27.8 Å². The van der Waals surface area contributed by atoms with Crippen LogP contribution in [0, 0.1) is 0 Å². The Morgan fingerprint density at radius 2 is 0.905 bits per heavy atom. The zero-order valence-electron chi connectivity index (χ0n) is 46.3. The average Bonchev–Trinajstić information content (AvgIpc) is 1.51. The van der Waals surface area contributed by atoms with Crippen molar-refractivity contribution in [1.82, 2.24) is 10.6 Å². The third-order valence-corrected chi connectivity index (χ3v) is 15.9. The van der Waals surface area contributed by atoms with Gasteiger partial charge in [0.2, 0.25) is 17.0 Å². The van der Waals surface area contributed by atoms with Gasteiger partial charge in [-0.15, -0.1) is 0 Å². The van der Waals surface area contributed by atoms with Crippen LogP contribution in [0.3, 0.4) is 0 Å². The molecule has 6 heterocycles. The van der Waals surface area contributed by atoms with Gasteiger partial charge < -0.3 is 86.8 Å². The number of carbonyl (C=O) groups excluding carboxylic acids is 3. The molecular weight excluding hydrogens is 1090 g/mol. The van der Waals surface area contributed by atoms with Crippen molar-refractivity contribution in [2.75, 3.05) is 48.3 Å². The zero-order chi connectivity index (χ0) is 58.4. The van der Waals surface area contributed by atoms with Gasteiger partial charge >= 0.3 is 5.97 Å². The average molecular weight is 1160 g/mol. The lowest BCUT2D eigenvalue weighted by atomic mass is 9.76. The number of hydrogen-bond acceptors (Lipinski definition) is 20. The number of rotatable bonds is 18. The van der Waals surface area contributed by atoms with Gasteiger partial charge in [0.25, 0.3) is 5.91 Å². The van der Waals surface area contributed by atoms with E-state index in [1.807, 2.05) is 24.3 Å². The van der Waals surface area contributed by atoms with Crippen LogP contribution < -0.4 is 10.6 Å². The van der Waals surface area contributed by atoms with Gasteiger partial charge in [0.05, 0.1) is 40.1 Å². The highest BCUT2D eigenvalue weighted by molar-refractivity contribution is 5.99. The fraction of sp³-hybridized carbons (Fsp3) is 0.450. The van der Waals surface area contributed by atoms with Gasteiger partial charge in [-0.3, -0.25) is 9.59 Å². The van der Waals surface area contributed by atoms with Gasteiger partial charge in [-0.25, -0.2) is 4.79 Å². The number of amides is 2. The second-order valence-electron chi connectivity index (χ2n) is 20.8. The van der Waals surface area contributed by atoms with Gasteiger partial charge in [0, 0.05) is 42.9 Å². The van der Waals surface area contributed by atoms with Crippen molar-refractivity contribution in [3.63, 3.8) is 0 Å². The van der Waals surface area contributed by atoms with Gasteiger partial charge in [0.15, 0.2) is 43.3 Å². The summed E-state index contributed by atoms with van der Waals surface area (Å²) in [7, 11) is 4.67. The van der Waals surface area contributed by atoms with Crippen molar-refractivity contribution in [3.8, 4) is 0 Å². The number of benzene rings is 5. The van der Waals surface area contributed by atoms with Crippen LogP contribution in [0.5, 0.6) is 0 Å². The van der Waals surface area contributed by atoms with E-state index in [-0.39, 0.29) is 33.0 Å². The molecule has 3 N–H and O–H groups in total. The third-order valence-electron chi connectivity index (χ3n) is 15.9. The van der Waals surface area contributed by atoms with E-state index < -0.39 is 127 Å². The number of esters is 1. The quantitative estimate of drug-likeness (QED) is 0.0455. The molecular formula is C60H65N5O19. The minimum atomic E-state index is -2.86. The summed E-state index contributed by atoms with van der Waals surface area (Å²) in [5, 5.41) is 22.9. The standard InChI is InChI=1S/C60H65N5O19/c1-70-54(69)58(46(66)43-40(79-55(58)71-2)32-76-49(82-43)37-24-14-7-15-25-37)62-52(67)59(47(74-30-35-20-10-5-11-21-35)44-41(80-56(59)72-3)33-77-50(83-44)38-26-16-8-17-27-38)63-53(68)60(64-65-61)48(75-31-36-22-12-6-13-23-36)45-42(81-57(60)73-4)34-78-51(84-45)39-28-18-9-19-29-39/h5-29,40-51,55-57,66H,30-34H2,1-4H3,(H,62,67)(H,63,68)/t40-,41-,42-,43-,44-,45-,46+,47+,48+,49?,50?,51?,55+,56+,57+,58-,59+,60+/m1/s1. The molecule has 11 rings (SSSR count). The summed E-state index contributed by atoms with van der Waals surface area (Å²) in [5.41, 5.74) is 5.50. The molecule has 5 aromatic carbocycles. The first-order chi connectivity index (χ1) is 41.0. The van der Waals surface area contributed by atoms with E-state index >= 15 is 9.59 Å². The van der Waals surface area contributed by atoms with Gasteiger partial charge in [0.1, 0.15) is 54.9 Å². The predicted octanol–water partition coefficient (Wildman–Crippen LogP) is 4.91. The molecule has 24 heteroatoms. The van der Waals surface area contributed by atoms with Crippen molar-refractivity contribution in [1.29, 1.82) is 0 Å². The number of carbonyl (C=O) groups is 3. The van der Waals surface area contributed by atoms with E-state index in [9.17, 15) is 15.4 Å². The van der Waals surface area contributed by atoms with Crippen molar-refractivity contribution >= 4 is 17.8 Å². The molecule has 6 aliphatic rings. The van der Waals surface area contributed by atoms with Crippen LogP contribution in [0.4, 0.5) is 0 Å². The molecule has 3 unspecified atom stereocenters. The first-order valence-electron chi connectivity index (χ1n) is 27.3. The minimum absolute atomic E-state index is 0.111. The van der Waals surface area contributed by atoms with E-state index in [2.05, 4.69) is 20.7 Å². The number of azide groups is 1. The Balaban J connectivity index is 1.08. The van der Waals surface area contributed by atoms with Crippen LogP contribution in [0.15, 0.2) is 157 Å². The SMILES string of the molecule is COC(=O)[C@@]1(NC(=O)[C@]2(NC(=O)[C@]3(N=[N+]=[N-])[C@@H](OC)O[C@@H]4COC(c5ccccc5)O[C@H]4[C@@H]3OCc3ccccc3)[C@@H](OC)O[C@@H]3COC(c4ccccc4)O[C@H]3[C@@H]2OCc2ccccc2)[C@@H](OC)O[C@@H]2COC(c3ccccc3)O[C@H]2[C@@H]1O. The molecule has 5 aromatic rings. The largest absolute Gasteiger partial charge is 0.467 e. The molecule has 0 aliphatic carbocycles. The maximum absolute atomic E-state index is 16.9. The summed E-state index contributed by atoms with van der Waals surface area (Å²) in [6, 6.07) is 44.7. The molecule has 0 aromatic heterocycles. The van der Waals surface area contributed by atoms with Gasteiger partial charge in [-0.2, -0.15) is 0 Å². The highest BCUT2D eigenvalue weighted by Gasteiger charge is 2.72. The Morgan fingerprint density at radius 1 is 0.524 bits per heavy atom. The Labute approximate surface area is 483 Å². The maximum Gasteiger partial charge on any atom is 0.339 e. The lowest BCUT2D eigenvalue weighted by Gasteiger charge is -2.57. The first-order valence-corrected chi connectivity index (χ1v) is 27.3. The molecule has 2 amide bonds. The van der Waals surface area contributed by atoms with Gasteiger partial charge in [-0.1, -0.05) is 157 Å². The zero-order valence-corrected chi connectivity index (χ0v) is 46.3. The summed E-state index contributed by atoms with van der Waals surface area (Å²) in [6.07, 6.45) is -21.6. The molecule has 0 radical (unpaired) electrons. The summed E-state index contributed by atoms with van der Waals surface area (Å²) in [5.74, 6) is -3.89. The Hall–Kier alpha value is -6.78. The molecule has 24 nitrogen and oxygen atoms in total. The van der Waals surface area contributed by atoms with Crippen LogP contribution in [-0.2, 0) is 98.7 Å². The second kappa shape index (κ2) is 25.8.